The maximum Gasteiger partial charge on any atom is 0.395 e. The predicted octanol–water partition coefficient (Wildman–Crippen LogP) is 0.471. The number of aliphatic hydroxyl groups excluding tert-OH is 1. The van der Waals surface area contributed by atoms with Crippen LogP contribution in [0.3, 0.4) is 0 Å². The first-order chi connectivity index (χ1) is 4.91. The molecule has 0 amide bonds. The number of likely N-dealkylation sites (tertiary alicyclic amines) is 1. The summed E-state index contributed by atoms with van der Waals surface area (Å²) in [5, 5.41) is 8.93. The highest BCUT2D eigenvalue weighted by Gasteiger charge is 2.48. The Labute approximate surface area is 62.6 Å². The highest BCUT2D eigenvalue weighted by atomic mass is 19.4. The van der Waals surface area contributed by atoms with Crippen molar-refractivity contribution >= 4 is 0 Å². The lowest BCUT2D eigenvalue weighted by atomic mass is 10.1. The Balaban J connectivity index is 2.60. The van der Waals surface area contributed by atoms with Crippen molar-refractivity contribution in [1.29, 1.82) is 0 Å². The van der Waals surface area contributed by atoms with Gasteiger partial charge in [0.15, 0.2) is 0 Å². The zero-order valence-electron chi connectivity index (χ0n) is 6.10. The SMILES string of the molecule is CN1C[C@H](O)[C@@H](C(F)(F)F)C1. The Morgan fingerprint density at radius 2 is 1.91 bits per heavy atom. The number of halogens is 3. The van der Waals surface area contributed by atoms with Crippen molar-refractivity contribution in [2.24, 2.45) is 5.92 Å². The number of hydrogen-bond donors (Lipinski definition) is 1. The van der Waals surface area contributed by atoms with Crippen LogP contribution in [-0.2, 0) is 0 Å². The van der Waals surface area contributed by atoms with E-state index in [-0.39, 0.29) is 13.1 Å². The molecule has 2 nitrogen and oxygen atoms in total. The quantitative estimate of drug-likeness (QED) is 0.569. The fourth-order valence-corrected chi connectivity index (χ4v) is 1.30. The molecule has 0 aromatic rings. The summed E-state index contributed by atoms with van der Waals surface area (Å²) in [5.74, 6) is -1.56. The van der Waals surface area contributed by atoms with Crippen LogP contribution in [0.2, 0.25) is 0 Å². The van der Waals surface area contributed by atoms with Crippen molar-refractivity contribution in [2.45, 2.75) is 12.3 Å². The molecular formula is C6H10F3NO. The fourth-order valence-electron chi connectivity index (χ4n) is 1.30. The lowest BCUT2D eigenvalue weighted by Gasteiger charge is -2.16. The summed E-state index contributed by atoms with van der Waals surface area (Å²) in [5.41, 5.74) is 0. The van der Waals surface area contributed by atoms with E-state index in [1.165, 1.54) is 4.90 Å². The molecular weight excluding hydrogens is 159 g/mol. The normalized spacial score (nSPS) is 34.6. The largest absolute Gasteiger partial charge is 0.395 e. The molecule has 2 atom stereocenters. The monoisotopic (exact) mass is 169 g/mol. The van der Waals surface area contributed by atoms with Crippen LogP contribution < -0.4 is 0 Å². The number of rotatable bonds is 0. The minimum absolute atomic E-state index is 0.0926. The Morgan fingerprint density at radius 3 is 2.09 bits per heavy atom. The van der Waals surface area contributed by atoms with Crippen LogP contribution in [0.1, 0.15) is 0 Å². The van der Waals surface area contributed by atoms with Crippen LogP contribution in [0.4, 0.5) is 13.2 Å². The zero-order valence-corrected chi connectivity index (χ0v) is 6.10. The number of nitrogens with zero attached hydrogens (tertiary/aromatic N) is 1. The van der Waals surface area contributed by atoms with E-state index in [1.807, 2.05) is 0 Å². The molecule has 0 bridgehead atoms. The molecule has 0 saturated carbocycles. The van der Waals surface area contributed by atoms with Gasteiger partial charge < -0.3 is 10.0 Å². The van der Waals surface area contributed by atoms with Crippen LogP contribution in [-0.4, -0.2) is 42.4 Å². The summed E-state index contributed by atoms with van der Waals surface area (Å²) in [6.07, 6.45) is -5.51. The predicted molar refractivity (Wildman–Crippen MR) is 33.0 cm³/mol. The van der Waals surface area contributed by atoms with Crippen LogP contribution in [0, 0.1) is 5.92 Å². The third-order valence-corrected chi connectivity index (χ3v) is 1.89. The maximum atomic E-state index is 12.0. The third kappa shape index (κ3) is 1.84. The molecule has 1 fully saturated rings. The number of likely N-dealkylation sites (N-methyl/N-ethyl adjacent to an activating group) is 1. The average Bonchev–Trinajstić information content (AvgIpc) is 2.08. The molecule has 5 heteroatoms. The summed E-state index contributed by atoms with van der Waals surface area (Å²) in [7, 11) is 1.56. The molecule has 11 heavy (non-hydrogen) atoms. The summed E-state index contributed by atoms with van der Waals surface area (Å²) in [6, 6.07) is 0. The van der Waals surface area contributed by atoms with E-state index in [1.54, 1.807) is 7.05 Å². The molecule has 1 rings (SSSR count). The van der Waals surface area contributed by atoms with E-state index in [0.717, 1.165) is 0 Å². The molecule has 0 radical (unpaired) electrons. The number of alkyl halides is 3. The molecule has 1 aliphatic heterocycles. The minimum atomic E-state index is -4.26. The summed E-state index contributed by atoms with van der Waals surface area (Å²) in [6.45, 7) is 0.0227. The maximum absolute atomic E-state index is 12.0. The third-order valence-electron chi connectivity index (χ3n) is 1.89. The van der Waals surface area contributed by atoms with Crippen molar-refractivity contribution < 1.29 is 18.3 Å². The fraction of sp³-hybridized carbons (Fsp3) is 1.00. The van der Waals surface area contributed by atoms with E-state index in [0.29, 0.717) is 0 Å². The summed E-state index contributed by atoms with van der Waals surface area (Å²) < 4.78 is 36.0. The number of β-amino-alcohol motifs (C(OH)–C–C–N with tert-alkyl or cyclic N) is 1. The van der Waals surface area contributed by atoms with Gasteiger partial charge in [-0.1, -0.05) is 0 Å². The second-order valence-corrected chi connectivity index (χ2v) is 2.94. The first-order valence-corrected chi connectivity index (χ1v) is 3.34. The Kier molecular flexibility index (Phi) is 2.11. The topological polar surface area (TPSA) is 23.5 Å². The second-order valence-electron chi connectivity index (χ2n) is 2.94. The molecule has 1 N–H and O–H groups in total. The van der Waals surface area contributed by atoms with Gasteiger partial charge in [-0.25, -0.2) is 0 Å². The highest BCUT2D eigenvalue weighted by Crippen LogP contribution is 2.32. The second kappa shape index (κ2) is 2.64. The van der Waals surface area contributed by atoms with Crippen molar-refractivity contribution in [2.75, 3.05) is 20.1 Å². The van der Waals surface area contributed by atoms with Gasteiger partial charge in [-0.3, -0.25) is 0 Å². The Morgan fingerprint density at radius 1 is 1.36 bits per heavy atom. The smallest absolute Gasteiger partial charge is 0.391 e. The number of aliphatic hydroxyl groups is 1. The molecule has 0 aliphatic carbocycles. The minimum Gasteiger partial charge on any atom is -0.391 e. The van der Waals surface area contributed by atoms with E-state index in [9.17, 15) is 13.2 Å². The molecule has 0 spiro atoms. The Hall–Kier alpha value is -0.290. The summed E-state index contributed by atoms with van der Waals surface area (Å²) >= 11 is 0. The zero-order chi connectivity index (χ0) is 8.65. The van der Waals surface area contributed by atoms with Crippen molar-refractivity contribution in [3.63, 3.8) is 0 Å². The molecule has 0 aromatic heterocycles. The van der Waals surface area contributed by atoms with Gasteiger partial charge in [0.1, 0.15) is 0 Å². The standard InChI is InChI=1S/C6H10F3NO/c1-10-2-4(5(11)3-10)6(7,8)9/h4-5,11H,2-3H2,1H3/t4-,5-/m0/s1. The van der Waals surface area contributed by atoms with Crippen LogP contribution in [0.15, 0.2) is 0 Å². The van der Waals surface area contributed by atoms with Gasteiger partial charge in [0.25, 0.3) is 0 Å². The van der Waals surface area contributed by atoms with E-state index >= 15 is 0 Å². The van der Waals surface area contributed by atoms with Gasteiger partial charge in [0, 0.05) is 13.1 Å². The Bertz CT molecular complexity index is 147. The first-order valence-electron chi connectivity index (χ1n) is 3.34. The molecule has 1 saturated heterocycles. The van der Waals surface area contributed by atoms with Gasteiger partial charge in [-0.15, -0.1) is 0 Å². The van der Waals surface area contributed by atoms with Crippen LogP contribution in [0.25, 0.3) is 0 Å². The van der Waals surface area contributed by atoms with E-state index < -0.39 is 18.2 Å². The van der Waals surface area contributed by atoms with E-state index in [4.69, 9.17) is 5.11 Å². The van der Waals surface area contributed by atoms with Crippen molar-refractivity contribution in [3.8, 4) is 0 Å². The van der Waals surface area contributed by atoms with Crippen LogP contribution >= 0.6 is 0 Å². The van der Waals surface area contributed by atoms with Crippen molar-refractivity contribution in [3.05, 3.63) is 0 Å². The average molecular weight is 169 g/mol. The molecule has 0 unspecified atom stereocenters. The lowest BCUT2D eigenvalue weighted by molar-refractivity contribution is -0.188. The van der Waals surface area contributed by atoms with E-state index in [2.05, 4.69) is 0 Å². The number of hydrogen-bond acceptors (Lipinski definition) is 2. The highest BCUT2D eigenvalue weighted by molar-refractivity contribution is 4.86. The van der Waals surface area contributed by atoms with Gasteiger partial charge >= 0.3 is 6.18 Å². The molecule has 1 heterocycles. The lowest BCUT2D eigenvalue weighted by Crippen LogP contribution is -2.32. The first kappa shape index (κ1) is 8.80. The molecule has 66 valence electrons. The van der Waals surface area contributed by atoms with Gasteiger partial charge in [-0.05, 0) is 7.05 Å². The summed E-state index contributed by atoms with van der Waals surface area (Å²) in [4.78, 5) is 1.48. The van der Waals surface area contributed by atoms with Crippen LogP contribution in [0.5, 0.6) is 0 Å². The van der Waals surface area contributed by atoms with Gasteiger partial charge in [0.05, 0.1) is 12.0 Å². The van der Waals surface area contributed by atoms with Gasteiger partial charge in [0.2, 0.25) is 0 Å². The molecule has 1 aliphatic rings. The van der Waals surface area contributed by atoms with Crippen molar-refractivity contribution in [1.82, 2.24) is 4.90 Å². The molecule has 0 aromatic carbocycles. The van der Waals surface area contributed by atoms with Gasteiger partial charge in [-0.2, -0.15) is 13.2 Å².